The van der Waals surface area contributed by atoms with Crippen LogP contribution in [-0.4, -0.2) is 14.2 Å². The molecule has 194 valence electrons. The average molecular weight is 560 g/mol. The molecule has 0 spiro atoms. The average Bonchev–Trinajstić information content (AvgIpc) is 2.84. The summed E-state index contributed by atoms with van der Waals surface area (Å²) in [5.74, 6) is 5.21. The maximum atomic E-state index is 5.49. The van der Waals surface area contributed by atoms with Gasteiger partial charge in [-0.05, 0) is 118 Å². The summed E-state index contributed by atoms with van der Waals surface area (Å²) in [7, 11) is 3.50. The SMILES string of the molecule is COc1cc2c(C)c(c1)CC[C-]1[CH-][C-](OC)[CH-][C-](CC2)[C-]1C.Cc1c(C)c(C)c(C)c(C)c1C.[Ru+2]. The molecule has 0 amide bonds. The first-order valence-electron chi connectivity index (χ1n) is 12.4. The number of benzene rings is 2. The van der Waals surface area contributed by atoms with E-state index in [0.717, 1.165) is 37.5 Å². The Morgan fingerprint density at radius 2 is 1.03 bits per heavy atom. The topological polar surface area (TPSA) is 18.5 Å². The van der Waals surface area contributed by atoms with Gasteiger partial charge in [0.15, 0.2) is 0 Å². The zero-order valence-electron chi connectivity index (χ0n) is 23.3. The molecule has 4 bridgehead atoms. The van der Waals surface area contributed by atoms with E-state index in [9.17, 15) is 0 Å². The van der Waals surface area contributed by atoms with Gasteiger partial charge in [0.25, 0.3) is 0 Å². The Labute approximate surface area is 228 Å². The van der Waals surface area contributed by atoms with Gasteiger partial charge in [0.1, 0.15) is 5.75 Å². The zero-order chi connectivity index (χ0) is 25.2. The monoisotopic (exact) mass is 560 g/mol. The summed E-state index contributed by atoms with van der Waals surface area (Å²) in [6.45, 7) is 17.8. The largest absolute Gasteiger partial charge is 2.00 e. The molecule has 2 nitrogen and oxygen atoms in total. The van der Waals surface area contributed by atoms with Crippen molar-refractivity contribution >= 4 is 0 Å². The van der Waals surface area contributed by atoms with Crippen molar-refractivity contribution < 1.29 is 29.0 Å². The van der Waals surface area contributed by atoms with Crippen molar-refractivity contribution in [3.8, 4) is 5.75 Å². The fourth-order valence-electron chi connectivity index (χ4n) is 5.12. The van der Waals surface area contributed by atoms with Crippen LogP contribution in [0.15, 0.2) is 12.1 Å². The molecule has 2 aliphatic carbocycles. The summed E-state index contributed by atoms with van der Waals surface area (Å²) in [5.41, 5.74) is 13.0. The van der Waals surface area contributed by atoms with Crippen molar-refractivity contribution in [1.29, 1.82) is 0 Å². The molecule has 0 atom stereocenters. The third-order valence-corrected chi connectivity index (χ3v) is 8.37. The minimum absolute atomic E-state index is 0. The summed E-state index contributed by atoms with van der Waals surface area (Å²) >= 11 is 0. The molecule has 2 aliphatic rings. The van der Waals surface area contributed by atoms with Crippen LogP contribution in [0.4, 0.5) is 0 Å². The van der Waals surface area contributed by atoms with E-state index in [4.69, 9.17) is 9.47 Å². The molecule has 4 rings (SSSR count). The van der Waals surface area contributed by atoms with Crippen LogP contribution in [0.25, 0.3) is 0 Å². The van der Waals surface area contributed by atoms with E-state index in [0.29, 0.717) is 0 Å². The van der Waals surface area contributed by atoms with Gasteiger partial charge in [-0.3, -0.25) is 0 Å². The van der Waals surface area contributed by atoms with Crippen LogP contribution >= 0.6 is 0 Å². The molecule has 1 fully saturated rings. The third-order valence-electron chi connectivity index (χ3n) is 8.37. The first kappa shape index (κ1) is 30.0. The second kappa shape index (κ2) is 12.9. The number of aryl methyl sites for hydroxylation is 2. The van der Waals surface area contributed by atoms with Gasteiger partial charge in [-0.2, -0.15) is 0 Å². The van der Waals surface area contributed by atoms with Crippen molar-refractivity contribution in [3.63, 3.8) is 0 Å². The fraction of sp³-hybridized carbons (Fsp3) is 0.438. The van der Waals surface area contributed by atoms with Crippen molar-refractivity contribution in [2.24, 2.45) is 0 Å². The van der Waals surface area contributed by atoms with E-state index in [-0.39, 0.29) is 19.5 Å². The maximum Gasteiger partial charge on any atom is 2.00 e. The predicted molar refractivity (Wildman–Crippen MR) is 143 cm³/mol. The Morgan fingerprint density at radius 3 is 1.34 bits per heavy atom. The van der Waals surface area contributed by atoms with E-state index in [2.05, 4.69) is 80.4 Å². The third kappa shape index (κ3) is 6.58. The van der Waals surface area contributed by atoms with Crippen molar-refractivity contribution in [1.82, 2.24) is 0 Å². The molecule has 0 heterocycles. The van der Waals surface area contributed by atoms with E-state index < -0.39 is 0 Å². The van der Waals surface area contributed by atoms with Gasteiger partial charge in [-0.1, -0.05) is 12.8 Å². The molecular weight excluding hydrogens is 517 g/mol. The summed E-state index contributed by atoms with van der Waals surface area (Å²) in [5, 5.41) is 0. The van der Waals surface area contributed by atoms with Crippen molar-refractivity contribution in [2.75, 3.05) is 14.2 Å². The summed E-state index contributed by atoms with van der Waals surface area (Å²) in [4.78, 5) is 0. The van der Waals surface area contributed by atoms with Crippen LogP contribution in [0.5, 0.6) is 5.75 Å². The van der Waals surface area contributed by atoms with Gasteiger partial charge < -0.3 is 46.2 Å². The van der Waals surface area contributed by atoms with Crippen molar-refractivity contribution in [3.05, 3.63) is 98.9 Å². The van der Waals surface area contributed by atoms with Crippen LogP contribution < -0.4 is 4.74 Å². The van der Waals surface area contributed by atoms with Gasteiger partial charge in [0, 0.05) is 0 Å². The molecule has 3 heteroatoms. The Bertz CT molecular complexity index is 865. The summed E-state index contributed by atoms with van der Waals surface area (Å²) in [6, 6.07) is 4.38. The molecule has 2 aromatic carbocycles. The molecule has 0 N–H and O–H groups in total. The number of ether oxygens (including phenoxy) is 2. The molecule has 0 aromatic heterocycles. The molecule has 0 unspecified atom stereocenters. The molecule has 35 heavy (non-hydrogen) atoms. The first-order chi connectivity index (χ1) is 16.1. The van der Waals surface area contributed by atoms with Crippen LogP contribution in [0.1, 0.15) is 69.8 Å². The van der Waals surface area contributed by atoms with Crippen LogP contribution in [0.3, 0.4) is 0 Å². The van der Waals surface area contributed by atoms with Crippen molar-refractivity contribution in [2.45, 2.75) is 81.1 Å². The van der Waals surface area contributed by atoms with Gasteiger partial charge >= 0.3 is 19.5 Å². The minimum Gasteiger partial charge on any atom is -0.708 e. The normalized spacial score (nSPS) is 17.3. The molecule has 1 saturated carbocycles. The minimum atomic E-state index is 0. The molecule has 0 aliphatic heterocycles. The van der Waals surface area contributed by atoms with Gasteiger partial charge in [0.05, 0.1) is 7.11 Å². The van der Waals surface area contributed by atoms with Gasteiger partial charge in [-0.25, -0.2) is 19.8 Å². The Morgan fingerprint density at radius 1 is 0.657 bits per heavy atom. The van der Waals surface area contributed by atoms with E-state index >= 15 is 0 Å². The number of rotatable bonds is 2. The second-order valence-electron chi connectivity index (χ2n) is 9.89. The Balaban J connectivity index is 0.000000284. The zero-order valence-corrected chi connectivity index (χ0v) is 25.0. The predicted octanol–water partition coefficient (Wildman–Crippen LogP) is 7.76. The van der Waals surface area contributed by atoms with Crippen LogP contribution in [0.2, 0.25) is 0 Å². The number of hydrogen-bond donors (Lipinski definition) is 0. The van der Waals surface area contributed by atoms with Gasteiger partial charge in [0.2, 0.25) is 0 Å². The molecule has 0 saturated heterocycles. The Hall–Kier alpha value is -1.18. The fourth-order valence-corrected chi connectivity index (χ4v) is 5.12. The van der Waals surface area contributed by atoms with E-state index in [1.165, 1.54) is 67.8 Å². The van der Waals surface area contributed by atoms with E-state index in [1.807, 2.05) is 0 Å². The number of fused-ring (bicyclic) bond motifs is 4. The maximum absolute atomic E-state index is 5.49. The standard InChI is InChI=1S/C20H24O2.C12H18.Ru/c1-13-15-5-7-17-11-20(22-4)12-18(14(17)2)8-6-16(13)10-19(9-15)21-3;1-7-8(2)10(4)12(6)11(5)9(7)3;/h9-12H,5-8H2,1-4H3;1-6H3;/q-6;;+2. The number of hydrogen-bond acceptors (Lipinski definition) is 2. The molecule has 2 aromatic rings. The van der Waals surface area contributed by atoms with Gasteiger partial charge in [-0.15, -0.1) is 0 Å². The first-order valence-corrected chi connectivity index (χ1v) is 12.4. The second-order valence-corrected chi connectivity index (χ2v) is 9.89. The molecular formula is C32H42O2Ru-4. The quantitative estimate of drug-likeness (QED) is 0.277. The summed E-state index contributed by atoms with van der Waals surface area (Å²) < 4.78 is 11.0. The Kier molecular flexibility index (Phi) is 11.0. The molecule has 0 radical (unpaired) electrons. The van der Waals surface area contributed by atoms with Crippen LogP contribution in [0, 0.1) is 85.2 Å². The summed E-state index contributed by atoms with van der Waals surface area (Å²) in [6.07, 6.45) is 9.54. The van der Waals surface area contributed by atoms with E-state index in [1.54, 1.807) is 14.2 Å². The van der Waals surface area contributed by atoms with Crippen LogP contribution in [-0.2, 0) is 37.1 Å². The number of methoxy groups -OCH3 is 2. The smallest absolute Gasteiger partial charge is 0.708 e.